The summed E-state index contributed by atoms with van der Waals surface area (Å²) in [5.74, 6) is -1.15. The van der Waals surface area contributed by atoms with Crippen LogP contribution in [-0.2, 0) is 38.2 Å². The predicted octanol–water partition coefficient (Wildman–Crippen LogP) is 7.14. The van der Waals surface area contributed by atoms with E-state index < -0.39 is 53.3 Å². The van der Waals surface area contributed by atoms with Crippen LogP contribution in [0.2, 0.25) is 0 Å². The van der Waals surface area contributed by atoms with Crippen molar-refractivity contribution in [2.45, 2.75) is 72.0 Å². The molecule has 3 rings (SSSR count). The van der Waals surface area contributed by atoms with Crippen molar-refractivity contribution in [3.63, 3.8) is 0 Å². The number of carbonyl (C=O) groups excluding carboxylic acids is 2. The summed E-state index contributed by atoms with van der Waals surface area (Å²) in [5.41, 5.74) is 0.688. The molecule has 0 bridgehead atoms. The largest absolute Gasteiger partial charge is 0.496 e. The Bertz CT molecular complexity index is 1260. The molecular weight excluding hydrogens is 551 g/mol. The molecule has 0 unspecified atom stereocenters. The first-order valence-corrected chi connectivity index (χ1v) is 14.0. The number of nitrogens with zero attached hydrogens (tertiary/aromatic N) is 1. The van der Waals surface area contributed by atoms with Crippen molar-refractivity contribution in [2.75, 3.05) is 20.3 Å². The number of aryl methyl sites for hydroxylation is 1. The van der Waals surface area contributed by atoms with Crippen LogP contribution in [0.15, 0.2) is 55.1 Å². The van der Waals surface area contributed by atoms with E-state index in [4.69, 9.17) is 18.9 Å². The Kier molecular flexibility index (Phi) is 10.7. The maximum atomic E-state index is 13.7. The number of alkyl halides is 3. The van der Waals surface area contributed by atoms with E-state index in [0.29, 0.717) is 12.0 Å². The Hall–Kier alpha value is -3.53. The summed E-state index contributed by atoms with van der Waals surface area (Å²) in [7, 11) is 1.29. The van der Waals surface area contributed by atoms with Crippen LogP contribution in [0.25, 0.3) is 0 Å². The zero-order valence-electron chi connectivity index (χ0n) is 25.0. The molecule has 0 saturated carbocycles. The minimum atomic E-state index is -4.54. The van der Waals surface area contributed by atoms with Crippen molar-refractivity contribution in [3.8, 4) is 5.75 Å². The normalized spacial score (nSPS) is 20.7. The van der Waals surface area contributed by atoms with Crippen molar-refractivity contribution in [3.05, 3.63) is 77.4 Å². The molecule has 0 aromatic heterocycles. The number of carbonyl (C=O) groups is 2. The third-order valence-electron chi connectivity index (χ3n) is 7.47. The van der Waals surface area contributed by atoms with Gasteiger partial charge in [-0.1, -0.05) is 70.7 Å². The Morgan fingerprint density at radius 1 is 1.02 bits per heavy atom. The van der Waals surface area contributed by atoms with Gasteiger partial charge in [-0.25, -0.2) is 9.59 Å². The molecule has 0 aliphatic carbocycles. The molecule has 1 amide bonds. The van der Waals surface area contributed by atoms with Crippen LogP contribution in [0.3, 0.4) is 0 Å². The van der Waals surface area contributed by atoms with Gasteiger partial charge in [-0.3, -0.25) is 4.90 Å². The number of benzene rings is 2. The van der Waals surface area contributed by atoms with Gasteiger partial charge in [-0.15, -0.1) is 0 Å². The molecule has 10 heteroatoms. The standard InChI is InChI=1S/C32H40F3NO6/c1-8-17-41-30(38)36-26(23-14-12-11-13-20(23)9-2)28(25(31(4,5)6)27(36)29(37)40-10-3)42-19-21-15-16-22(32(33,34)35)18-24(21)39-7/h8,11-16,18,25-28H,1,9-10,17,19H2,2-7H3/t25-,26+,27+,28+/m1/s1. The molecule has 0 radical (unpaired) electrons. The zero-order valence-corrected chi connectivity index (χ0v) is 25.0. The zero-order chi connectivity index (χ0) is 31.2. The molecule has 2 aromatic rings. The molecule has 1 aliphatic heterocycles. The van der Waals surface area contributed by atoms with Gasteiger partial charge in [0.15, 0.2) is 0 Å². The summed E-state index contributed by atoms with van der Waals surface area (Å²) in [5, 5.41) is 0. The van der Waals surface area contributed by atoms with Gasteiger partial charge in [0.1, 0.15) is 18.4 Å². The molecule has 7 nitrogen and oxygen atoms in total. The smallest absolute Gasteiger partial charge is 0.416 e. The molecule has 1 aliphatic rings. The number of rotatable bonds is 10. The Morgan fingerprint density at radius 3 is 2.29 bits per heavy atom. The van der Waals surface area contributed by atoms with Crippen molar-refractivity contribution in [1.82, 2.24) is 4.90 Å². The third-order valence-corrected chi connectivity index (χ3v) is 7.47. The van der Waals surface area contributed by atoms with Crippen molar-refractivity contribution >= 4 is 12.1 Å². The second-order valence-electron chi connectivity index (χ2n) is 11.2. The highest BCUT2D eigenvalue weighted by Gasteiger charge is 2.60. The fourth-order valence-corrected chi connectivity index (χ4v) is 5.66. The number of methoxy groups -OCH3 is 1. The lowest BCUT2D eigenvalue weighted by Crippen LogP contribution is -2.48. The van der Waals surface area contributed by atoms with E-state index >= 15 is 0 Å². The van der Waals surface area contributed by atoms with Crippen LogP contribution in [0.1, 0.15) is 62.9 Å². The SMILES string of the molecule is C=CCOC(=O)N1[C@H](C(=O)OCC)[C@@H](C(C)(C)C)[C@H](OCc2ccc(C(F)(F)F)cc2OC)[C@@H]1c1ccccc1CC. The summed E-state index contributed by atoms with van der Waals surface area (Å²) >= 11 is 0. The average Bonchev–Trinajstić information content (AvgIpc) is 3.30. The minimum absolute atomic E-state index is 0.0184. The van der Waals surface area contributed by atoms with E-state index in [2.05, 4.69) is 6.58 Å². The first-order valence-electron chi connectivity index (χ1n) is 14.0. The number of likely N-dealkylation sites (tertiary alicyclic amines) is 1. The molecule has 1 saturated heterocycles. The van der Waals surface area contributed by atoms with Crippen molar-refractivity contribution < 1.29 is 41.7 Å². The van der Waals surface area contributed by atoms with Crippen LogP contribution in [0, 0.1) is 11.3 Å². The van der Waals surface area contributed by atoms with Gasteiger partial charge in [0.05, 0.1) is 38.0 Å². The highest BCUT2D eigenvalue weighted by Crippen LogP contribution is 2.51. The summed E-state index contributed by atoms with van der Waals surface area (Å²) in [4.78, 5) is 28.7. The topological polar surface area (TPSA) is 74.3 Å². The van der Waals surface area contributed by atoms with Gasteiger partial charge in [0, 0.05) is 11.5 Å². The lowest BCUT2D eigenvalue weighted by molar-refractivity contribution is -0.151. The Labute approximate surface area is 245 Å². The minimum Gasteiger partial charge on any atom is -0.496 e. The monoisotopic (exact) mass is 591 g/mol. The molecule has 1 heterocycles. The molecule has 0 spiro atoms. The van der Waals surface area contributed by atoms with Crippen molar-refractivity contribution in [2.24, 2.45) is 11.3 Å². The predicted molar refractivity (Wildman–Crippen MR) is 152 cm³/mol. The van der Waals surface area contributed by atoms with Gasteiger partial charge in [0.2, 0.25) is 0 Å². The third kappa shape index (κ3) is 7.09. The van der Waals surface area contributed by atoms with E-state index in [9.17, 15) is 22.8 Å². The molecule has 230 valence electrons. The molecule has 4 atom stereocenters. The highest BCUT2D eigenvalue weighted by molar-refractivity contribution is 5.83. The number of halogens is 3. The molecule has 1 fully saturated rings. The summed E-state index contributed by atoms with van der Waals surface area (Å²) in [6.07, 6.45) is -3.95. The Balaban J connectivity index is 2.20. The first-order chi connectivity index (χ1) is 19.8. The molecule has 0 N–H and O–H groups in total. The maximum absolute atomic E-state index is 13.7. The quantitative estimate of drug-likeness (QED) is 0.216. The number of hydrogen-bond donors (Lipinski definition) is 0. The van der Waals surface area contributed by atoms with E-state index in [-0.39, 0.29) is 25.6 Å². The molecule has 42 heavy (non-hydrogen) atoms. The highest BCUT2D eigenvalue weighted by atomic mass is 19.4. The van der Waals surface area contributed by atoms with Gasteiger partial charge < -0.3 is 18.9 Å². The summed E-state index contributed by atoms with van der Waals surface area (Å²) in [6.45, 7) is 13.0. The second kappa shape index (κ2) is 13.6. The number of ether oxygens (including phenoxy) is 4. The van der Waals surface area contributed by atoms with Gasteiger partial charge in [-0.05, 0) is 42.0 Å². The van der Waals surface area contributed by atoms with E-state index in [0.717, 1.165) is 23.3 Å². The second-order valence-corrected chi connectivity index (χ2v) is 11.2. The Morgan fingerprint density at radius 2 is 1.71 bits per heavy atom. The van der Waals surface area contributed by atoms with Crippen LogP contribution in [-0.4, -0.2) is 49.4 Å². The maximum Gasteiger partial charge on any atom is 0.416 e. The number of hydrogen-bond acceptors (Lipinski definition) is 6. The van der Waals surface area contributed by atoms with E-state index in [1.165, 1.54) is 24.2 Å². The van der Waals surface area contributed by atoms with Crippen LogP contribution in [0.4, 0.5) is 18.0 Å². The number of amides is 1. The molecule has 2 aromatic carbocycles. The van der Waals surface area contributed by atoms with E-state index in [1.807, 2.05) is 52.0 Å². The van der Waals surface area contributed by atoms with Crippen LogP contribution < -0.4 is 4.74 Å². The average molecular weight is 592 g/mol. The summed E-state index contributed by atoms with van der Waals surface area (Å²) < 4.78 is 62.9. The van der Waals surface area contributed by atoms with Crippen LogP contribution >= 0.6 is 0 Å². The van der Waals surface area contributed by atoms with E-state index in [1.54, 1.807) is 6.92 Å². The fraction of sp³-hybridized carbons (Fsp3) is 0.500. The van der Waals surface area contributed by atoms with Crippen LogP contribution in [0.5, 0.6) is 5.75 Å². The fourth-order valence-electron chi connectivity index (χ4n) is 5.66. The van der Waals surface area contributed by atoms with Crippen molar-refractivity contribution in [1.29, 1.82) is 0 Å². The summed E-state index contributed by atoms with van der Waals surface area (Å²) in [6, 6.07) is 8.97. The molecular formula is C32H40F3NO6. The lowest BCUT2D eigenvalue weighted by Gasteiger charge is -2.35. The first kappa shape index (κ1) is 33.0. The van der Waals surface area contributed by atoms with Gasteiger partial charge >= 0.3 is 18.2 Å². The van der Waals surface area contributed by atoms with Gasteiger partial charge in [-0.2, -0.15) is 13.2 Å². The lowest BCUT2D eigenvalue weighted by atomic mass is 9.73. The number of esters is 1. The van der Waals surface area contributed by atoms with Gasteiger partial charge in [0.25, 0.3) is 0 Å².